The van der Waals surface area contributed by atoms with Crippen molar-refractivity contribution in [1.82, 2.24) is 20.0 Å². The van der Waals surface area contributed by atoms with Crippen molar-refractivity contribution in [2.45, 2.75) is 83.8 Å². The summed E-state index contributed by atoms with van der Waals surface area (Å²) in [5.41, 5.74) is 1.11. The van der Waals surface area contributed by atoms with Crippen LogP contribution in [0.2, 0.25) is 0 Å². The third kappa shape index (κ3) is 3.93. The third-order valence-corrected chi connectivity index (χ3v) is 10.7. The molecule has 2 heterocycles. The van der Waals surface area contributed by atoms with Crippen molar-refractivity contribution < 1.29 is 14.6 Å². The van der Waals surface area contributed by atoms with Crippen LogP contribution in [0.5, 0.6) is 0 Å². The normalized spacial score (nSPS) is 40.8. The van der Waals surface area contributed by atoms with Crippen molar-refractivity contribution in [2.75, 3.05) is 13.2 Å². The monoisotopic (exact) mass is 480 g/mol. The highest BCUT2D eigenvalue weighted by molar-refractivity contribution is 5.84. The molecule has 2 aromatic rings. The van der Waals surface area contributed by atoms with Gasteiger partial charge in [0.1, 0.15) is 12.1 Å². The highest BCUT2D eigenvalue weighted by atomic mass is 16.5. The zero-order valence-corrected chi connectivity index (χ0v) is 21.2. The Labute approximate surface area is 208 Å². The second kappa shape index (κ2) is 8.91. The van der Waals surface area contributed by atoms with Crippen molar-refractivity contribution in [1.29, 1.82) is 0 Å². The lowest BCUT2D eigenvalue weighted by molar-refractivity contribution is -0.138. The lowest BCUT2D eigenvalue weighted by Gasteiger charge is -2.57. The predicted octanol–water partition coefficient (Wildman–Crippen LogP) is 4.43. The zero-order chi connectivity index (χ0) is 24.2. The van der Waals surface area contributed by atoms with E-state index in [9.17, 15) is 9.90 Å². The maximum atomic E-state index is 13.6. The maximum absolute atomic E-state index is 13.6. The molecule has 0 unspecified atom stereocenters. The van der Waals surface area contributed by atoms with Gasteiger partial charge >= 0.3 is 0 Å². The number of pyridine rings is 1. The Hall–Kier alpha value is -1.86. The smallest absolute Gasteiger partial charge is 0.157 e. The average molecular weight is 481 g/mol. The molecule has 2 aromatic heterocycles. The Bertz CT molecular complexity index is 1090. The number of carbonyl (C=O) groups is 1. The summed E-state index contributed by atoms with van der Waals surface area (Å²) in [6.45, 7) is 5.89. The standard InChI is InChI=1S/C28H40N4O3/c1-3-35-17-28(34)12-9-19-18(14-28)4-5-21-20(19)8-11-27(2)22(21)6-7-23(27)26(33)16-32-25-10-13-29-15-24(25)30-31-32/h10,13,15,18-23,34H,3-9,11-12,14,16-17H2,1-2H3/t18-,19-,20+,21+,22-,23+,27-,28+/m0/s1. The number of rotatable bonds is 6. The van der Waals surface area contributed by atoms with Gasteiger partial charge in [-0.25, -0.2) is 4.68 Å². The largest absolute Gasteiger partial charge is 0.387 e. The summed E-state index contributed by atoms with van der Waals surface area (Å²) in [5.74, 6) is 3.98. The average Bonchev–Trinajstić information content (AvgIpc) is 3.43. The summed E-state index contributed by atoms with van der Waals surface area (Å²) >= 11 is 0. The van der Waals surface area contributed by atoms with Crippen molar-refractivity contribution in [3.8, 4) is 0 Å². The van der Waals surface area contributed by atoms with Crippen LogP contribution in [0.4, 0.5) is 0 Å². The Morgan fingerprint density at radius 2 is 2.00 bits per heavy atom. The molecule has 4 saturated carbocycles. The van der Waals surface area contributed by atoms with Gasteiger partial charge in [-0.15, -0.1) is 5.10 Å². The van der Waals surface area contributed by atoms with E-state index >= 15 is 0 Å². The van der Waals surface area contributed by atoms with E-state index in [-0.39, 0.29) is 11.3 Å². The highest BCUT2D eigenvalue weighted by Crippen LogP contribution is 2.64. The molecular weight excluding hydrogens is 440 g/mol. The van der Waals surface area contributed by atoms with E-state index in [2.05, 4.69) is 22.2 Å². The van der Waals surface area contributed by atoms with Crippen molar-refractivity contribution >= 4 is 16.8 Å². The predicted molar refractivity (Wildman–Crippen MR) is 132 cm³/mol. The number of hydrogen-bond donors (Lipinski definition) is 1. The molecule has 0 aliphatic heterocycles. The molecule has 0 radical (unpaired) electrons. The quantitative estimate of drug-likeness (QED) is 0.658. The lowest BCUT2D eigenvalue weighted by Crippen LogP contribution is -2.52. The molecule has 190 valence electrons. The molecule has 0 saturated heterocycles. The molecule has 7 heteroatoms. The first-order chi connectivity index (χ1) is 16.9. The molecule has 7 nitrogen and oxygen atoms in total. The Morgan fingerprint density at radius 1 is 1.14 bits per heavy atom. The van der Waals surface area contributed by atoms with Gasteiger partial charge in [-0.2, -0.15) is 0 Å². The van der Waals surface area contributed by atoms with Crippen LogP contribution >= 0.6 is 0 Å². The lowest BCUT2D eigenvalue weighted by atomic mass is 9.49. The van der Waals surface area contributed by atoms with E-state index in [1.54, 1.807) is 17.1 Å². The van der Waals surface area contributed by atoms with E-state index in [1.165, 1.54) is 25.7 Å². The van der Waals surface area contributed by atoms with Gasteiger partial charge in [0.15, 0.2) is 5.78 Å². The number of aromatic nitrogens is 4. The first-order valence-electron chi connectivity index (χ1n) is 13.9. The summed E-state index contributed by atoms with van der Waals surface area (Å²) in [7, 11) is 0. The van der Waals surface area contributed by atoms with Gasteiger partial charge in [0, 0.05) is 18.7 Å². The SMILES string of the molecule is CCOC[C@@]1(O)CC[C@H]2[C@@H](CC[C@@H]3[C@@H]2CC[C@]2(C)[C@@H](C(=O)Cn4nnc5cnccc54)CC[C@@H]32)C1. The van der Waals surface area contributed by atoms with Gasteiger partial charge < -0.3 is 9.84 Å². The van der Waals surface area contributed by atoms with E-state index in [0.29, 0.717) is 37.4 Å². The van der Waals surface area contributed by atoms with Crippen LogP contribution in [0.25, 0.3) is 11.0 Å². The number of hydrogen-bond acceptors (Lipinski definition) is 6. The van der Waals surface area contributed by atoms with E-state index in [4.69, 9.17) is 4.74 Å². The van der Waals surface area contributed by atoms with Gasteiger partial charge in [0.25, 0.3) is 0 Å². The molecule has 4 aliphatic rings. The minimum Gasteiger partial charge on any atom is -0.387 e. The van der Waals surface area contributed by atoms with E-state index in [1.807, 2.05) is 13.0 Å². The van der Waals surface area contributed by atoms with E-state index < -0.39 is 5.60 Å². The molecule has 6 rings (SSSR count). The van der Waals surface area contributed by atoms with Crippen LogP contribution in [0.15, 0.2) is 18.5 Å². The molecular formula is C28H40N4O3. The fourth-order valence-electron chi connectivity index (χ4n) is 9.11. The van der Waals surface area contributed by atoms with Gasteiger partial charge in [-0.05, 0) is 106 Å². The fraction of sp³-hybridized carbons (Fsp3) is 0.786. The molecule has 35 heavy (non-hydrogen) atoms. The second-order valence-corrected chi connectivity index (χ2v) is 12.3. The van der Waals surface area contributed by atoms with Crippen LogP contribution in [0.1, 0.15) is 71.6 Å². The topological polar surface area (TPSA) is 90.1 Å². The van der Waals surface area contributed by atoms with Gasteiger partial charge in [-0.3, -0.25) is 9.78 Å². The second-order valence-electron chi connectivity index (χ2n) is 12.3. The van der Waals surface area contributed by atoms with Crippen LogP contribution < -0.4 is 0 Å². The minimum absolute atomic E-state index is 0.105. The summed E-state index contributed by atoms with van der Waals surface area (Å²) in [6.07, 6.45) is 13.4. The van der Waals surface area contributed by atoms with Crippen molar-refractivity contribution in [2.24, 2.45) is 40.9 Å². The number of aliphatic hydroxyl groups is 1. The van der Waals surface area contributed by atoms with Gasteiger partial charge in [-0.1, -0.05) is 12.1 Å². The molecule has 0 amide bonds. The van der Waals surface area contributed by atoms with Crippen LogP contribution in [-0.2, 0) is 16.1 Å². The number of fused-ring (bicyclic) bond motifs is 6. The zero-order valence-electron chi connectivity index (χ0n) is 21.2. The molecule has 0 spiro atoms. The van der Waals surface area contributed by atoms with Gasteiger partial charge in [0.05, 0.1) is 23.9 Å². The number of carbonyl (C=O) groups excluding carboxylic acids is 1. The Balaban J connectivity index is 1.15. The molecule has 0 aromatic carbocycles. The number of ketones is 1. The summed E-state index contributed by atoms with van der Waals surface area (Å²) in [4.78, 5) is 17.7. The minimum atomic E-state index is -0.625. The molecule has 1 N–H and O–H groups in total. The number of ether oxygens (including phenoxy) is 1. The first-order valence-corrected chi connectivity index (χ1v) is 13.9. The highest BCUT2D eigenvalue weighted by Gasteiger charge is 2.59. The van der Waals surface area contributed by atoms with Crippen molar-refractivity contribution in [3.63, 3.8) is 0 Å². The molecule has 8 atom stereocenters. The van der Waals surface area contributed by atoms with Gasteiger partial charge in [0.2, 0.25) is 0 Å². The summed E-state index contributed by atoms with van der Waals surface area (Å²) in [5, 5.41) is 19.6. The van der Waals surface area contributed by atoms with E-state index in [0.717, 1.165) is 60.9 Å². The maximum Gasteiger partial charge on any atom is 0.157 e. The first kappa shape index (κ1) is 23.5. The summed E-state index contributed by atoms with van der Waals surface area (Å²) < 4.78 is 7.39. The summed E-state index contributed by atoms with van der Waals surface area (Å²) in [6, 6.07) is 1.89. The van der Waals surface area contributed by atoms with Crippen LogP contribution in [0, 0.1) is 40.9 Å². The molecule has 4 fully saturated rings. The molecule has 4 aliphatic carbocycles. The number of Topliss-reactive ketones (excluding diaryl/α,β-unsaturated/α-hetero) is 1. The third-order valence-electron chi connectivity index (χ3n) is 10.7. The fourth-order valence-corrected chi connectivity index (χ4v) is 9.11. The number of nitrogens with zero attached hydrogens (tertiary/aromatic N) is 4. The van der Waals surface area contributed by atoms with Crippen LogP contribution in [-0.4, -0.2) is 49.7 Å². The molecule has 0 bridgehead atoms. The van der Waals surface area contributed by atoms with Crippen molar-refractivity contribution in [3.05, 3.63) is 18.5 Å². The Morgan fingerprint density at radius 3 is 2.86 bits per heavy atom. The van der Waals surface area contributed by atoms with Crippen LogP contribution in [0.3, 0.4) is 0 Å². The Kier molecular flexibility index (Phi) is 5.99.